The second-order valence-electron chi connectivity index (χ2n) is 6.08. The first-order chi connectivity index (χ1) is 12.6. The van der Waals surface area contributed by atoms with Gasteiger partial charge in [-0.15, -0.1) is 0 Å². The van der Waals surface area contributed by atoms with Gasteiger partial charge in [0, 0.05) is 0 Å². The van der Waals surface area contributed by atoms with Gasteiger partial charge in [0.2, 0.25) is 0 Å². The van der Waals surface area contributed by atoms with Crippen LogP contribution in [0, 0.1) is 0 Å². The van der Waals surface area contributed by atoms with Crippen molar-refractivity contribution in [3.05, 3.63) is 48.5 Å². The van der Waals surface area contributed by atoms with E-state index in [2.05, 4.69) is 15.0 Å². The highest BCUT2D eigenvalue weighted by Crippen LogP contribution is 2.33. The van der Waals surface area contributed by atoms with Crippen LogP contribution in [0.15, 0.2) is 43.0 Å². The van der Waals surface area contributed by atoms with Gasteiger partial charge in [-0.1, -0.05) is 30.3 Å². The van der Waals surface area contributed by atoms with Crippen molar-refractivity contribution in [3.63, 3.8) is 0 Å². The van der Waals surface area contributed by atoms with E-state index in [1.807, 2.05) is 30.3 Å². The molecule has 1 fully saturated rings. The lowest BCUT2D eigenvalue weighted by Gasteiger charge is -2.16. The van der Waals surface area contributed by atoms with E-state index in [-0.39, 0.29) is 12.4 Å². The molecule has 0 spiro atoms. The van der Waals surface area contributed by atoms with E-state index in [9.17, 15) is 9.50 Å². The average Bonchev–Trinajstić information content (AvgIpc) is 3.20. The molecule has 3 N–H and O–H groups in total. The summed E-state index contributed by atoms with van der Waals surface area (Å²) >= 11 is 0. The number of aliphatic hydroxyl groups is 1. The summed E-state index contributed by atoms with van der Waals surface area (Å²) in [6, 6.07) is 9.55. The Hall–Kier alpha value is -2.62. The lowest BCUT2D eigenvalue weighted by molar-refractivity contribution is -0.0647. The minimum absolute atomic E-state index is 0.0212. The molecular formula is C17H18FN5O3. The molecule has 0 saturated carbocycles. The highest BCUT2D eigenvalue weighted by Gasteiger charge is 2.45. The number of aromatic nitrogens is 4. The number of nitrogens with zero attached hydrogens (tertiary/aromatic N) is 4. The summed E-state index contributed by atoms with van der Waals surface area (Å²) in [5.41, 5.74) is 7.48. The summed E-state index contributed by atoms with van der Waals surface area (Å²) in [5.74, 6) is 0.209. The lowest BCUT2D eigenvalue weighted by Crippen LogP contribution is -2.30. The van der Waals surface area contributed by atoms with Gasteiger partial charge in [0.1, 0.15) is 24.1 Å². The zero-order valence-corrected chi connectivity index (χ0v) is 13.8. The Morgan fingerprint density at radius 2 is 2.04 bits per heavy atom. The van der Waals surface area contributed by atoms with Crippen molar-refractivity contribution in [2.24, 2.45) is 0 Å². The molecule has 26 heavy (non-hydrogen) atoms. The Bertz CT molecular complexity index is 890. The number of aliphatic hydroxyl groups excluding tert-OH is 1. The van der Waals surface area contributed by atoms with Gasteiger partial charge in [-0.25, -0.2) is 19.3 Å². The fourth-order valence-electron chi connectivity index (χ4n) is 3.00. The van der Waals surface area contributed by atoms with E-state index in [4.69, 9.17) is 15.2 Å². The predicted molar refractivity (Wildman–Crippen MR) is 90.6 cm³/mol. The summed E-state index contributed by atoms with van der Waals surface area (Å²) in [6.45, 7) is 0.360. The van der Waals surface area contributed by atoms with Crippen LogP contribution in [0.3, 0.4) is 0 Å². The predicted octanol–water partition coefficient (Wildman–Crippen LogP) is 1.22. The maximum Gasteiger partial charge on any atom is 0.167 e. The normalized spacial score (nSPS) is 25.8. The summed E-state index contributed by atoms with van der Waals surface area (Å²) in [4.78, 5) is 12.1. The van der Waals surface area contributed by atoms with E-state index >= 15 is 0 Å². The molecule has 0 bridgehead atoms. The third-order valence-corrected chi connectivity index (χ3v) is 4.34. The number of anilines is 1. The quantitative estimate of drug-likeness (QED) is 0.705. The number of nitrogens with two attached hydrogens (primary N) is 1. The molecule has 2 aromatic heterocycles. The number of halogens is 1. The third kappa shape index (κ3) is 3.00. The fraction of sp³-hybridized carbons (Fsp3) is 0.353. The zero-order chi connectivity index (χ0) is 18.1. The number of rotatable bonds is 5. The Morgan fingerprint density at radius 1 is 1.23 bits per heavy atom. The Kier molecular flexibility index (Phi) is 4.49. The largest absolute Gasteiger partial charge is 0.385 e. The molecule has 8 nitrogen and oxygen atoms in total. The molecule has 0 amide bonds. The molecule has 136 valence electrons. The molecule has 1 aliphatic rings. The maximum absolute atomic E-state index is 14.5. The first-order valence-corrected chi connectivity index (χ1v) is 8.17. The van der Waals surface area contributed by atoms with Crippen LogP contribution in [0.5, 0.6) is 0 Å². The summed E-state index contributed by atoms with van der Waals surface area (Å²) in [6.07, 6.45) is -2.13. The fourth-order valence-corrected chi connectivity index (χ4v) is 3.00. The van der Waals surface area contributed by atoms with Gasteiger partial charge < -0.3 is 20.3 Å². The zero-order valence-electron chi connectivity index (χ0n) is 13.8. The smallest absolute Gasteiger partial charge is 0.167 e. The Labute approximate surface area is 148 Å². The van der Waals surface area contributed by atoms with Crippen molar-refractivity contribution >= 4 is 17.0 Å². The number of ether oxygens (including phenoxy) is 2. The lowest BCUT2D eigenvalue weighted by atomic mass is 10.1. The minimum atomic E-state index is -1.59. The summed E-state index contributed by atoms with van der Waals surface area (Å²) < 4.78 is 27.2. The molecular weight excluding hydrogens is 341 g/mol. The maximum atomic E-state index is 14.5. The van der Waals surface area contributed by atoms with Crippen LogP contribution in [0.1, 0.15) is 11.8 Å². The van der Waals surface area contributed by atoms with E-state index in [1.54, 1.807) is 0 Å². The molecule has 3 heterocycles. The number of imidazole rings is 1. The number of fused-ring (bicyclic) bond motifs is 1. The van der Waals surface area contributed by atoms with Gasteiger partial charge in [0.25, 0.3) is 0 Å². The highest BCUT2D eigenvalue weighted by atomic mass is 19.1. The van der Waals surface area contributed by atoms with Crippen molar-refractivity contribution in [1.29, 1.82) is 0 Å². The van der Waals surface area contributed by atoms with E-state index < -0.39 is 24.6 Å². The van der Waals surface area contributed by atoms with Gasteiger partial charge in [0.05, 0.1) is 19.5 Å². The molecule has 3 aromatic rings. The second kappa shape index (κ2) is 6.94. The van der Waals surface area contributed by atoms with Crippen LogP contribution >= 0.6 is 0 Å². The first kappa shape index (κ1) is 16.8. The first-order valence-electron chi connectivity index (χ1n) is 8.17. The van der Waals surface area contributed by atoms with Crippen LogP contribution in [0.4, 0.5) is 10.2 Å². The Balaban J connectivity index is 1.46. The molecule has 9 heteroatoms. The van der Waals surface area contributed by atoms with E-state index in [0.29, 0.717) is 17.8 Å². The molecule has 4 atom stereocenters. The van der Waals surface area contributed by atoms with Gasteiger partial charge in [-0.05, 0) is 5.56 Å². The molecule has 0 radical (unpaired) electrons. The van der Waals surface area contributed by atoms with E-state index in [0.717, 1.165) is 5.56 Å². The van der Waals surface area contributed by atoms with Crippen LogP contribution in [-0.2, 0) is 16.1 Å². The standard InChI is InChI=1S/C17H18FN5O3/c18-12-11(7-25-6-10-4-2-1-3-5-10)26-17(14(12)24)23-9-22-13-15(19)20-8-21-16(13)23/h1-5,8-9,11-12,14,17,24H,6-7H2,(H2,19,20,21)/t11-,12-,14-,17-/m1/s1. The van der Waals surface area contributed by atoms with Gasteiger partial charge in [-0.2, -0.15) is 0 Å². The third-order valence-electron chi connectivity index (χ3n) is 4.34. The van der Waals surface area contributed by atoms with Crippen molar-refractivity contribution in [2.45, 2.75) is 31.2 Å². The molecule has 1 aromatic carbocycles. The molecule has 0 unspecified atom stereocenters. The topological polar surface area (TPSA) is 108 Å². The SMILES string of the molecule is Nc1ncnc2c1ncn2[C@@H]1O[C@H](COCc2ccccc2)[C@@H](F)[C@H]1O. The van der Waals surface area contributed by atoms with Crippen LogP contribution in [0.2, 0.25) is 0 Å². The summed E-state index contributed by atoms with van der Waals surface area (Å²) in [7, 11) is 0. The van der Waals surface area contributed by atoms with Crippen molar-refractivity contribution in [3.8, 4) is 0 Å². The molecule has 0 aliphatic carbocycles. The molecule has 1 aliphatic heterocycles. The van der Waals surface area contributed by atoms with Gasteiger partial charge in [-0.3, -0.25) is 4.57 Å². The number of benzene rings is 1. The van der Waals surface area contributed by atoms with Crippen LogP contribution < -0.4 is 5.73 Å². The average molecular weight is 359 g/mol. The van der Waals surface area contributed by atoms with Crippen LogP contribution in [-0.4, -0.2) is 49.6 Å². The minimum Gasteiger partial charge on any atom is -0.385 e. The van der Waals surface area contributed by atoms with Crippen molar-refractivity contribution in [2.75, 3.05) is 12.3 Å². The van der Waals surface area contributed by atoms with Crippen LogP contribution in [0.25, 0.3) is 11.2 Å². The second-order valence-corrected chi connectivity index (χ2v) is 6.08. The molecule has 4 rings (SSSR count). The number of hydrogen-bond donors (Lipinski definition) is 2. The van der Waals surface area contributed by atoms with E-state index in [1.165, 1.54) is 17.2 Å². The van der Waals surface area contributed by atoms with Crippen molar-refractivity contribution < 1.29 is 19.0 Å². The monoisotopic (exact) mass is 359 g/mol. The number of nitrogen functional groups attached to an aromatic ring is 1. The highest BCUT2D eigenvalue weighted by molar-refractivity contribution is 5.81. The van der Waals surface area contributed by atoms with Crippen molar-refractivity contribution in [1.82, 2.24) is 19.5 Å². The summed E-state index contributed by atoms with van der Waals surface area (Å²) in [5, 5.41) is 10.3. The molecule has 1 saturated heterocycles. The number of alkyl halides is 1. The van der Waals surface area contributed by atoms with Gasteiger partial charge >= 0.3 is 0 Å². The number of hydrogen-bond acceptors (Lipinski definition) is 7. The Morgan fingerprint density at radius 3 is 2.85 bits per heavy atom. The van der Waals surface area contributed by atoms with Gasteiger partial charge in [0.15, 0.2) is 23.9 Å².